The maximum Gasteiger partial charge on any atom is 0.239 e. The van der Waals surface area contributed by atoms with Crippen molar-refractivity contribution in [3.63, 3.8) is 0 Å². The molecule has 2 aromatic carbocycles. The van der Waals surface area contributed by atoms with Gasteiger partial charge in [0, 0.05) is 25.6 Å². The number of carbonyl (C=O) groups is 1. The molecule has 1 saturated carbocycles. The maximum absolute atomic E-state index is 12.8. The van der Waals surface area contributed by atoms with Crippen LogP contribution in [0.15, 0.2) is 60.7 Å². The third-order valence-corrected chi connectivity index (χ3v) is 5.70. The first-order chi connectivity index (χ1) is 12.6. The highest BCUT2D eigenvalue weighted by molar-refractivity contribution is 5.81. The van der Waals surface area contributed by atoms with Gasteiger partial charge in [-0.15, -0.1) is 0 Å². The van der Waals surface area contributed by atoms with Crippen LogP contribution in [0, 0.1) is 0 Å². The highest BCUT2D eigenvalue weighted by Gasteiger charge is 2.36. The van der Waals surface area contributed by atoms with E-state index in [2.05, 4.69) is 47.8 Å². The summed E-state index contributed by atoms with van der Waals surface area (Å²) < 4.78 is 0. The summed E-state index contributed by atoms with van der Waals surface area (Å²) in [7, 11) is 1.88. The second-order valence-electron chi connectivity index (χ2n) is 7.64. The summed E-state index contributed by atoms with van der Waals surface area (Å²) in [6.07, 6.45) is 4.94. The number of carbonyl (C=O) groups excluding carboxylic acids is 1. The Morgan fingerprint density at radius 2 is 1.62 bits per heavy atom. The molecule has 1 N–H and O–H groups in total. The first kappa shape index (κ1) is 18.7. The Balaban J connectivity index is 1.60. The quantitative estimate of drug-likeness (QED) is 0.814. The lowest BCUT2D eigenvalue weighted by Gasteiger charge is -2.32. The van der Waals surface area contributed by atoms with E-state index in [4.69, 9.17) is 0 Å². The van der Waals surface area contributed by atoms with E-state index in [9.17, 15) is 4.79 Å². The van der Waals surface area contributed by atoms with Crippen LogP contribution in [0.3, 0.4) is 0 Å². The summed E-state index contributed by atoms with van der Waals surface area (Å²) >= 11 is 0. The summed E-state index contributed by atoms with van der Waals surface area (Å²) in [5.74, 6) is 0.148. The fraction of sp³-hybridized carbons (Fsp3) is 0.435. The van der Waals surface area contributed by atoms with Crippen LogP contribution < -0.4 is 5.32 Å². The molecule has 0 aromatic heterocycles. The molecule has 0 aliphatic heterocycles. The molecule has 0 spiro atoms. The standard InChI is InChI=1S/C23H30N2O/c1-19(22(26)25(2)17-20-11-5-3-6-12-20)24-18-23(15-9-10-16-23)21-13-7-4-8-14-21/h3-8,11-14,19,24H,9-10,15-18H2,1-2H3. The van der Waals surface area contributed by atoms with Crippen molar-refractivity contribution < 1.29 is 4.79 Å². The Kier molecular flexibility index (Phi) is 6.10. The molecule has 1 amide bonds. The summed E-state index contributed by atoms with van der Waals surface area (Å²) in [5, 5.41) is 3.54. The predicted octanol–water partition coefficient (Wildman–Crippen LogP) is 4.14. The molecule has 1 atom stereocenters. The number of hydrogen-bond donors (Lipinski definition) is 1. The Bertz CT molecular complexity index is 693. The molecule has 1 fully saturated rings. The number of hydrogen-bond acceptors (Lipinski definition) is 2. The topological polar surface area (TPSA) is 32.3 Å². The van der Waals surface area contributed by atoms with E-state index in [1.165, 1.54) is 31.2 Å². The lowest BCUT2D eigenvalue weighted by Crippen LogP contribution is -2.47. The number of amides is 1. The largest absolute Gasteiger partial charge is 0.340 e. The number of benzene rings is 2. The Morgan fingerprint density at radius 3 is 2.23 bits per heavy atom. The zero-order valence-electron chi connectivity index (χ0n) is 15.9. The van der Waals surface area contributed by atoms with Crippen LogP contribution in [0.2, 0.25) is 0 Å². The summed E-state index contributed by atoms with van der Waals surface area (Å²) in [5.41, 5.74) is 2.74. The smallest absolute Gasteiger partial charge is 0.239 e. The highest BCUT2D eigenvalue weighted by atomic mass is 16.2. The minimum atomic E-state index is -0.176. The van der Waals surface area contributed by atoms with Crippen LogP contribution in [0.4, 0.5) is 0 Å². The van der Waals surface area contributed by atoms with Crippen molar-refractivity contribution in [1.29, 1.82) is 0 Å². The van der Waals surface area contributed by atoms with Crippen LogP contribution in [0.5, 0.6) is 0 Å². The van der Waals surface area contributed by atoms with Gasteiger partial charge in [-0.05, 0) is 30.9 Å². The first-order valence-electron chi connectivity index (χ1n) is 9.69. The average Bonchev–Trinajstić information content (AvgIpc) is 3.17. The summed E-state index contributed by atoms with van der Waals surface area (Å²) in [4.78, 5) is 14.6. The Morgan fingerprint density at radius 1 is 1.04 bits per heavy atom. The molecule has 3 nitrogen and oxygen atoms in total. The monoisotopic (exact) mass is 350 g/mol. The van der Waals surface area contributed by atoms with Gasteiger partial charge in [-0.3, -0.25) is 4.79 Å². The molecule has 3 rings (SSSR count). The fourth-order valence-corrected chi connectivity index (χ4v) is 4.11. The molecule has 1 aliphatic rings. The third kappa shape index (κ3) is 4.34. The molecule has 1 aliphatic carbocycles. The lowest BCUT2D eigenvalue weighted by atomic mass is 9.78. The molecule has 3 heteroatoms. The van der Waals surface area contributed by atoms with E-state index in [1.54, 1.807) is 0 Å². The van der Waals surface area contributed by atoms with Gasteiger partial charge in [0.25, 0.3) is 0 Å². The number of nitrogens with one attached hydrogen (secondary N) is 1. The SMILES string of the molecule is CC(NCC1(c2ccccc2)CCCC1)C(=O)N(C)Cc1ccccc1. The highest BCUT2D eigenvalue weighted by Crippen LogP contribution is 2.40. The number of likely N-dealkylation sites (N-methyl/N-ethyl adjacent to an activating group) is 1. The van der Waals surface area contributed by atoms with Crippen LogP contribution >= 0.6 is 0 Å². The van der Waals surface area contributed by atoms with Gasteiger partial charge < -0.3 is 10.2 Å². The van der Waals surface area contributed by atoms with Crippen molar-refractivity contribution in [1.82, 2.24) is 10.2 Å². The number of rotatable bonds is 7. The normalized spacial score (nSPS) is 17.0. The zero-order chi connectivity index (χ0) is 18.4. The van der Waals surface area contributed by atoms with Gasteiger partial charge in [-0.1, -0.05) is 73.5 Å². The van der Waals surface area contributed by atoms with Crippen LogP contribution in [-0.4, -0.2) is 30.4 Å². The van der Waals surface area contributed by atoms with Crippen molar-refractivity contribution >= 4 is 5.91 Å². The first-order valence-corrected chi connectivity index (χ1v) is 9.69. The van der Waals surface area contributed by atoms with Gasteiger partial charge >= 0.3 is 0 Å². The molecular weight excluding hydrogens is 320 g/mol. The van der Waals surface area contributed by atoms with Gasteiger partial charge in [-0.25, -0.2) is 0 Å². The Hall–Kier alpha value is -2.13. The molecule has 0 bridgehead atoms. The van der Waals surface area contributed by atoms with Gasteiger partial charge in [0.15, 0.2) is 0 Å². The third-order valence-electron chi connectivity index (χ3n) is 5.70. The van der Waals surface area contributed by atoms with Crippen LogP contribution in [-0.2, 0) is 16.8 Å². The average molecular weight is 351 g/mol. The lowest BCUT2D eigenvalue weighted by molar-refractivity contribution is -0.132. The minimum Gasteiger partial charge on any atom is -0.340 e. The molecule has 138 valence electrons. The zero-order valence-corrected chi connectivity index (χ0v) is 15.9. The van der Waals surface area contributed by atoms with E-state index >= 15 is 0 Å². The second kappa shape index (κ2) is 8.50. The van der Waals surface area contributed by atoms with E-state index in [1.807, 2.05) is 37.1 Å². The van der Waals surface area contributed by atoms with E-state index < -0.39 is 0 Å². The molecule has 0 heterocycles. The predicted molar refractivity (Wildman–Crippen MR) is 107 cm³/mol. The van der Waals surface area contributed by atoms with E-state index in [0.29, 0.717) is 6.54 Å². The van der Waals surface area contributed by atoms with E-state index in [0.717, 1.165) is 12.1 Å². The van der Waals surface area contributed by atoms with Gasteiger partial charge in [-0.2, -0.15) is 0 Å². The van der Waals surface area contributed by atoms with Crippen LogP contribution in [0.25, 0.3) is 0 Å². The maximum atomic E-state index is 12.8. The molecular formula is C23H30N2O. The van der Waals surface area contributed by atoms with E-state index in [-0.39, 0.29) is 17.4 Å². The molecule has 26 heavy (non-hydrogen) atoms. The molecule has 0 radical (unpaired) electrons. The minimum absolute atomic E-state index is 0.148. The molecule has 1 unspecified atom stereocenters. The second-order valence-corrected chi connectivity index (χ2v) is 7.64. The summed E-state index contributed by atoms with van der Waals surface area (Å²) in [6, 6.07) is 20.8. The van der Waals surface area contributed by atoms with Crippen molar-refractivity contribution in [2.45, 2.75) is 50.6 Å². The fourth-order valence-electron chi connectivity index (χ4n) is 4.11. The van der Waals surface area contributed by atoms with Crippen molar-refractivity contribution in [2.24, 2.45) is 0 Å². The summed E-state index contributed by atoms with van der Waals surface area (Å²) in [6.45, 7) is 3.50. The molecule has 0 saturated heterocycles. The Labute approximate surface area is 157 Å². The van der Waals surface area contributed by atoms with Gasteiger partial charge in [0.05, 0.1) is 6.04 Å². The number of nitrogens with zero attached hydrogens (tertiary/aromatic N) is 1. The van der Waals surface area contributed by atoms with Gasteiger partial charge in [0.2, 0.25) is 5.91 Å². The van der Waals surface area contributed by atoms with Crippen molar-refractivity contribution in [3.05, 3.63) is 71.8 Å². The van der Waals surface area contributed by atoms with Crippen molar-refractivity contribution in [2.75, 3.05) is 13.6 Å². The van der Waals surface area contributed by atoms with Crippen LogP contribution in [0.1, 0.15) is 43.7 Å². The molecule has 2 aromatic rings. The van der Waals surface area contributed by atoms with Crippen molar-refractivity contribution in [3.8, 4) is 0 Å². The van der Waals surface area contributed by atoms with Gasteiger partial charge in [0.1, 0.15) is 0 Å².